The van der Waals surface area contributed by atoms with E-state index in [1.165, 1.54) is 12.1 Å². The molecule has 2 fully saturated rings. The molecule has 29 heavy (non-hydrogen) atoms. The van der Waals surface area contributed by atoms with Gasteiger partial charge in [-0.05, 0) is 30.9 Å². The molecule has 2 aliphatic rings. The zero-order chi connectivity index (χ0) is 21.2. The molecule has 3 rings (SSSR count). The maximum absolute atomic E-state index is 13.9. The van der Waals surface area contributed by atoms with Crippen molar-refractivity contribution in [2.45, 2.75) is 63.7 Å². The number of amides is 4. The zero-order valence-electron chi connectivity index (χ0n) is 16.1. The number of halogens is 3. The molecule has 0 spiro atoms. The van der Waals surface area contributed by atoms with Gasteiger partial charge in [-0.3, -0.25) is 14.9 Å². The van der Waals surface area contributed by atoms with E-state index in [1.54, 1.807) is 29.7 Å². The average Bonchev–Trinajstić information content (AvgIpc) is 2.92. The highest BCUT2D eigenvalue weighted by atomic mass is 19.4. The predicted molar refractivity (Wildman–Crippen MR) is 99.9 cm³/mol. The van der Waals surface area contributed by atoms with Gasteiger partial charge in [0.05, 0.1) is 5.69 Å². The molecule has 1 aromatic rings. The van der Waals surface area contributed by atoms with Gasteiger partial charge in [0, 0.05) is 6.42 Å². The largest absolute Gasteiger partial charge is 0.440 e. The third-order valence-electron chi connectivity index (χ3n) is 5.63. The van der Waals surface area contributed by atoms with Crippen LogP contribution in [0.3, 0.4) is 0 Å². The number of rotatable bonds is 5. The second-order valence-corrected chi connectivity index (χ2v) is 7.70. The second-order valence-electron chi connectivity index (χ2n) is 7.70. The molecule has 0 unspecified atom stereocenters. The van der Waals surface area contributed by atoms with Gasteiger partial charge in [0.25, 0.3) is 11.6 Å². The van der Waals surface area contributed by atoms with Crippen molar-refractivity contribution in [3.63, 3.8) is 0 Å². The van der Waals surface area contributed by atoms with E-state index in [0.29, 0.717) is 22.8 Å². The Kier molecular flexibility index (Phi) is 5.86. The number of imide groups is 1. The number of aryl methyl sites for hydroxylation is 1. The number of para-hydroxylation sites is 1. The summed E-state index contributed by atoms with van der Waals surface area (Å²) in [6.07, 6.45) is 0.284. The van der Waals surface area contributed by atoms with Gasteiger partial charge in [-0.25, -0.2) is 9.69 Å². The van der Waals surface area contributed by atoms with Gasteiger partial charge >= 0.3 is 12.2 Å². The Morgan fingerprint density at radius 2 is 1.86 bits per heavy atom. The van der Waals surface area contributed by atoms with E-state index in [-0.39, 0.29) is 12.1 Å². The number of carbonyl (C=O) groups is 3. The maximum atomic E-state index is 13.9. The van der Waals surface area contributed by atoms with Gasteiger partial charge in [0.15, 0.2) is 0 Å². The summed E-state index contributed by atoms with van der Waals surface area (Å²) in [5, 5.41) is 3.47. The molecular weight excluding hydrogens is 387 g/mol. The molecule has 1 heterocycles. The van der Waals surface area contributed by atoms with Crippen molar-refractivity contribution in [2.75, 3.05) is 4.90 Å². The summed E-state index contributed by atoms with van der Waals surface area (Å²) in [6, 6.07) is 4.88. The van der Waals surface area contributed by atoms with E-state index in [0.717, 1.165) is 32.1 Å². The highest BCUT2D eigenvalue weighted by Gasteiger charge is 2.69. The lowest BCUT2D eigenvalue weighted by molar-refractivity contribution is -0.201. The quantitative estimate of drug-likeness (QED) is 0.724. The Hall–Kier alpha value is -2.58. The molecule has 1 saturated carbocycles. The van der Waals surface area contributed by atoms with E-state index in [4.69, 9.17) is 0 Å². The summed E-state index contributed by atoms with van der Waals surface area (Å²) in [6.45, 7) is 1.58. The van der Waals surface area contributed by atoms with Gasteiger partial charge in [-0.2, -0.15) is 13.2 Å². The number of nitrogens with zero attached hydrogens (tertiary/aromatic N) is 1. The highest BCUT2D eigenvalue weighted by Crippen LogP contribution is 2.37. The first kappa shape index (κ1) is 21.1. The van der Waals surface area contributed by atoms with Crippen LogP contribution in [-0.2, 0) is 9.59 Å². The van der Waals surface area contributed by atoms with E-state index in [1.807, 2.05) is 0 Å². The molecule has 4 amide bonds. The molecule has 1 aromatic carbocycles. The smallest absolute Gasteiger partial charge is 0.318 e. The van der Waals surface area contributed by atoms with Gasteiger partial charge in [-0.15, -0.1) is 0 Å². The van der Waals surface area contributed by atoms with Crippen LogP contribution in [0, 0.1) is 12.8 Å². The lowest BCUT2D eigenvalue weighted by Gasteiger charge is -2.30. The topological polar surface area (TPSA) is 78.5 Å². The van der Waals surface area contributed by atoms with Gasteiger partial charge in [0.1, 0.15) is 0 Å². The summed E-state index contributed by atoms with van der Waals surface area (Å²) in [5.41, 5.74) is -2.97. The first-order chi connectivity index (χ1) is 13.7. The first-order valence-corrected chi connectivity index (χ1v) is 9.76. The highest BCUT2D eigenvalue weighted by molar-refractivity contribution is 6.24. The van der Waals surface area contributed by atoms with E-state index >= 15 is 0 Å². The molecular formula is C20H24F3N3O3. The molecule has 1 atom stereocenters. The third-order valence-corrected chi connectivity index (χ3v) is 5.63. The van der Waals surface area contributed by atoms with Gasteiger partial charge < -0.3 is 5.32 Å². The Balaban J connectivity index is 1.80. The number of nitrogens with one attached hydrogen (secondary N) is 2. The molecule has 0 bridgehead atoms. The number of urea groups is 1. The normalized spacial score (nSPS) is 23.2. The molecule has 1 aliphatic carbocycles. The van der Waals surface area contributed by atoms with Crippen LogP contribution in [0.1, 0.15) is 50.5 Å². The molecule has 0 aromatic heterocycles. The standard InChI is InChI=1S/C20H24F3N3O3/c1-13-7-5-6-10-15(13)26-17(28)19(20(21,22)23,25-18(26)29)24-16(27)12-11-14-8-3-2-4-9-14/h5-7,10,14H,2-4,8-9,11-12H2,1H3,(H,24,27)(H,25,29)/t19-/m1/s1. The van der Waals surface area contributed by atoms with Crippen LogP contribution in [0.2, 0.25) is 0 Å². The maximum Gasteiger partial charge on any atom is 0.440 e. The number of carbonyl (C=O) groups excluding carboxylic acids is 3. The van der Waals surface area contributed by atoms with Crippen LogP contribution < -0.4 is 15.5 Å². The molecule has 9 heteroatoms. The van der Waals surface area contributed by atoms with Crippen molar-refractivity contribution in [2.24, 2.45) is 5.92 Å². The van der Waals surface area contributed by atoms with E-state index in [2.05, 4.69) is 0 Å². The minimum Gasteiger partial charge on any atom is -0.318 e. The molecule has 0 radical (unpaired) electrons. The molecule has 158 valence electrons. The fourth-order valence-electron chi connectivity index (χ4n) is 3.99. The average molecular weight is 411 g/mol. The van der Waals surface area contributed by atoms with Crippen molar-refractivity contribution in [1.82, 2.24) is 10.6 Å². The SMILES string of the molecule is Cc1ccccc1N1C(=O)N[C@@](NC(=O)CCC2CCCCC2)(C(F)(F)F)C1=O. The second kappa shape index (κ2) is 8.04. The van der Waals surface area contributed by atoms with Crippen LogP contribution in [0.4, 0.5) is 23.7 Å². The van der Waals surface area contributed by atoms with E-state index in [9.17, 15) is 27.6 Å². The van der Waals surface area contributed by atoms with Gasteiger partial charge in [0.2, 0.25) is 5.91 Å². The fourth-order valence-corrected chi connectivity index (χ4v) is 3.99. The number of benzene rings is 1. The number of anilines is 1. The Morgan fingerprint density at radius 1 is 1.21 bits per heavy atom. The zero-order valence-corrected chi connectivity index (χ0v) is 16.1. The minimum absolute atomic E-state index is 0.0394. The van der Waals surface area contributed by atoms with Crippen molar-refractivity contribution in [3.05, 3.63) is 29.8 Å². The molecule has 6 nitrogen and oxygen atoms in total. The first-order valence-electron chi connectivity index (χ1n) is 9.76. The van der Waals surface area contributed by atoms with Crippen molar-refractivity contribution in [1.29, 1.82) is 0 Å². The van der Waals surface area contributed by atoms with Crippen LogP contribution in [-0.4, -0.2) is 29.7 Å². The molecule has 2 N–H and O–H groups in total. The predicted octanol–water partition coefficient (Wildman–Crippen LogP) is 3.79. The van der Waals surface area contributed by atoms with Crippen LogP contribution >= 0.6 is 0 Å². The summed E-state index contributed by atoms with van der Waals surface area (Å²) < 4.78 is 41.7. The Labute approximate surface area is 166 Å². The lowest BCUT2D eigenvalue weighted by Crippen LogP contribution is -2.69. The van der Waals surface area contributed by atoms with Gasteiger partial charge in [-0.1, -0.05) is 50.3 Å². The van der Waals surface area contributed by atoms with Crippen LogP contribution in [0.5, 0.6) is 0 Å². The monoisotopic (exact) mass is 411 g/mol. The third kappa shape index (κ3) is 4.09. The Morgan fingerprint density at radius 3 is 2.48 bits per heavy atom. The molecule has 1 aliphatic heterocycles. The summed E-state index contributed by atoms with van der Waals surface area (Å²) >= 11 is 0. The minimum atomic E-state index is -5.20. The summed E-state index contributed by atoms with van der Waals surface area (Å²) in [5.74, 6) is -2.17. The van der Waals surface area contributed by atoms with Crippen molar-refractivity contribution < 1.29 is 27.6 Å². The fraction of sp³-hybridized carbons (Fsp3) is 0.550. The number of hydrogen-bond acceptors (Lipinski definition) is 3. The van der Waals surface area contributed by atoms with E-state index < -0.39 is 29.7 Å². The lowest BCUT2D eigenvalue weighted by atomic mass is 9.86. The number of alkyl halides is 3. The van der Waals surface area contributed by atoms with Crippen molar-refractivity contribution >= 4 is 23.5 Å². The summed E-state index contributed by atoms with van der Waals surface area (Å²) in [7, 11) is 0. The number of hydrogen-bond donors (Lipinski definition) is 2. The summed E-state index contributed by atoms with van der Waals surface area (Å²) in [4.78, 5) is 37.9. The van der Waals surface area contributed by atoms with Crippen molar-refractivity contribution in [3.8, 4) is 0 Å². The Bertz CT molecular complexity index is 806. The molecule has 1 saturated heterocycles. The van der Waals surface area contributed by atoms with Crippen LogP contribution in [0.25, 0.3) is 0 Å². The van der Waals surface area contributed by atoms with Crippen LogP contribution in [0.15, 0.2) is 24.3 Å².